The van der Waals surface area contributed by atoms with Crippen LogP contribution in [-0.2, 0) is 0 Å². The first-order chi connectivity index (χ1) is 22.3. The molecule has 3 heteroatoms. The summed E-state index contributed by atoms with van der Waals surface area (Å²) in [6.07, 6.45) is 9.94. The number of anilines is 3. The van der Waals surface area contributed by atoms with Crippen LogP contribution in [0.5, 0.6) is 0 Å². The third-order valence-corrected chi connectivity index (χ3v) is 9.72. The van der Waals surface area contributed by atoms with Gasteiger partial charge in [-0.2, -0.15) is 0 Å². The summed E-state index contributed by atoms with van der Waals surface area (Å²) in [7, 11) is 0. The molecule has 1 aliphatic carbocycles. The maximum absolute atomic E-state index is 2.54. The molecule has 0 bridgehead atoms. The summed E-state index contributed by atoms with van der Waals surface area (Å²) in [5, 5.41) is 6.31. The zero-order chi connectivity index (χ0) is 29.5. The standard InChI is InChI=1S/C42H29N3/c1-2-14-30(15-3-1)43-38-20-10-7-17-33(38)35-25-23-31(27-40(35)43)44-39-21-11-8-18-34(39)36-24-22-28-12-4-6-16-32(28)42(36)45-37-19-9-5-13-29(37)26-41(44)45/h1-14,16-27,30H,15H2. The van der Waals surface area contributed by atoms with E-state index in [0.29, 0.717) is 0 Å². The van der Waals surface area contributed by atoms with Crippen molar-refractivity contribution in [3.05, 3.63) is 158 Å². The van der Waals surface area contributed by atoms with Crippen LogP contribution >= 0.6 is 0 Å². The van der Waals surface area contributed by atoms with Gasteiger partial charge in [-0.3, -0.25) is 9.47 Å². The third-order valence-electron chi connectivity index (χ3n) is 9.72. The largest absolute Gasteiger partial charge is 0.333 e. The van der Waals surface area contributed by atoms with E-state index in [1.54, 1.807) is 0 Å². The van der Waals surface area contributed by atoms with Gasteiger partial charge in [0.15, 0.2) is 0 Å². The fourth-order valence-corrected chi connectivity index (χ4v) is 7.79. The molecule has 2 aliphatic rings. The van der Waals surface area contributed by atoms with Crippen molar-refractivity contribution >= 4 is 60.7 Å². The maximum Gasteiger partial charge on any atom is 0.123 e. The van der Waals surface area contributed by atoms with Crippen molar-refractivity contribution in [1.82, 2.24) is 9.13 Å². The van der Waals surface area contributed by atoms with Crippen molar-refractivity contribution in [3.8, 4) is 16.8 Å². The second-order valence-electron chi connectivity index (χ2n) is 12.1. The number of fused-ring (bicyclic) bond motifs is 12. The van der Waals surface area contributed by atoms with Gasteiger partial charge in [0.05, 0.1) is 28.5 Å². The Balaban J connectivity index is 1.32. The first kappa shape index (κ1) is 24.6. The zero-order valence-corrected chi connectivity index (χ0v) is 24.6. The van der Waals surface area contributed by atoms with Crippen LogP contribution in [0.15, 0.2) is 158 Å². The van der Waals surface area contributed by atoms with Crippen LogP contribution in [0.1, 0.15) is 12.5 Å². The number of hydrogen-bond acceptors (Lipinski definition) is 1. The average molecular weight is 576 g/mol. The van der Waals surface area contributed by atoms with E-state index in [1.807, 2.05) is 0 Å². The summed E-state index contributed by atoms with van der Waals surface area (Å²) in [6.45, 7) is 0. The lowest BCUT2D eigenvalue weighted by atomic mass is 9.96. The number of rotatable bonds is 2. The van der Waals surface area contributed by atoms with E-state index >= 15 is 0 Å². The topological polar surface area (TPSA) is 13.1 Å². The van der Waals surface area contributed by atoms with E-state index < -0.39 is 0 Å². The van der Waals surface area contributed by atoms with Gasteiger partial charge in [0.1, 0.15) is 5.82 Å². The number of aromatic nitrogens is 2. The Labute approximate surface area is 261 Å². The Morgan fingerprint density at radius 2 is 1.29 bits per heavy atom. The van der Waals surface area contributed by atoms with Gasteiger partial charge >= 0.3 is 0 Å². The molecule has 2 aromatic heterocycles. The van der Waals surface area contributed by atoms with E-state index in [2.05, 4.69) is 172 Å². The molecule has 10 rings (SSSR count). The van der Waals surface area contributed by atoms with Gasteiger partial charge in [-0.1, -0.05) is 121 Å². The Kier molecular flexibility index (Phi) is 5.11. The molecule has 212 valence electrons. The fraction of sp³-hybridized carbons (Fsp3) is 0.0476. The van der Waals surface area contributed by atoms with E-state index in [4.69, 9.17) is 0 Å². The molecule has 45 heavy (non-hydrogen) atoms. The lowest BCUT2D eigenvalue weighted by Gasteiger charge is -2.26. The van der Waals surface area contributed by atoms with Crippen LogP contribution < -0.4 is 4.90 Å². The van der Waals surface area contributed by atoms with E-state index in [1.165, 1.54) is 66.0 Å². The highest BCUT2D eigenvalue weighted by Crippen LogP contribution is 2.51. The molecule has 1 atom stereocenters. The van der Waals surface area contributed by atoms with Crippen LogP contribution in [0.4, 0.5) is 17.2 Å². The Morgan fingerprint density at radius 1 is 0.533 bits per heavy atom. The molecular formula is C42H29N3. The van der Waals surface area contributed by atoms with Gasteiger partial charge in [-0.15, -0.1) is 0 Å². The quantitative estimate of drug-likeness (QED) is 0.200. The molecule has 0 N–H and O–H groups in total. The van der Waals surface area contributed by atoms with Crippen molar-refractivity contribution in [2.24, 2.45) is 0 Å². The number of nitrogens with zero attached hydrogens (tertiary/aromatic N) is 3. The molecule has 0 spiro atoms. The molecule has 0 radical (unpaired) electrons. The fourth-order valence-electron chi connectivity index (χ4n) is 7.79. The highest BCUT2D eigenvalue weighted by atomic mass is 15.3. The van der Waals surface area contributed by atoms with Gasteiger partial charge in [0, 0.05) is 43.9 Å². The molecule has 6 aromatic carbocycles. The highest BCUT2D eigenvalue weighted by molar-refractivity contribution is 6.11. The molecule has 3 nitrogen and oxygen atoms in total. The molecule has 0 saturated heterocycles. The molecule has 0 saturated carbocycles. The molecule has 1 aliphatic heterocycles. The summed E-state index contributed by atoms with van der Waals surface area (Å²) < 4.78 is 5.02. The first-order valence-corrected chi connectivity index (χ1v) is 15.7. The van der Waals surface area contributed by atoms with Gasteiger partial charge in [0.2, 0.25) is 0 Å². The highest BCUT2D eigenvalue weighted by Gasteiger charge is 2.29. The summed E-state index contributed by atoms with van der Waals surface area (Å²) in [4.78, 5) is 2.47. The predicted molar refractivity (Wildman–Crippen MR) is 189 cm³/mol. The lowest BCUT2D eigenvalue weighted by molar-refractivity contribution is 0.648. The van der Waals surface area contributed by atoms with Crippen molar-refractivity contribution in [2.45, 2.75) is 12.5 Å². The summed E-state index contributed by atoms with van der Waals surface area (Å²) in [5.41, 5.74) is 9.76. The van der Waals surface area contributed by atoms with Crippen molar-refractivity contribution in [1.29, 1.82) is 0 Å². The van der Waals surface area contributed by atoms with E-state index in [9.17, 15) is 0 Å². The number of para-hydroxylation sites is 3. The van der Waals surface area contributed by atoms with Gasteiger partial charge in [-0.25, -0.2) is 0 Å². The van der Waals surface area contributed by atoms with E-state index in [-0.39, 0.29) is 6.04 Å². The monoisotopic (exact) mass is 575 g/mol. The number of hydrogen-bond donors (Lipinski definition) is 0. The summed E-state index contributed by atoms with van der Waals surface area (Å²) in [6, 6.07) is 49.5. The summed E-state index contributed by atoms with van der Waals surface area (Å²) >= 11 is 0. The Bertz CT molecular complexity index is 2540. The van der Waals surface area contributed by atoms with Gasteiger partial charge in [0.25, 0.3) is 0 Å². The molecule has 3 heterocycles. The smallest absolute Gasteiger partial charge is 0.123 e. The Hall–Kier alpha value is -5.80. The maximum atomic E-state index is 2.54. The molecule has 0 amide bonds. The minimum absolute atomic E-state index is 0.270. The zero-order valence-electron chi connectivity index (χ0n) is 24.6. The Morgan fingerprint density at radius 3 is 2.18 bits per heavy atom. The minimum Gasteiger partial charge on any atom is -0.333 e. The van der Waals surface area contributed by atoms with Crippen molar-refractivity contribution in [2.75, 3.05) is 4.90 Å². The third kappa shape index (κ3) is 3.46. The minimum atomic E-state index is 0.270. The second-order valence-corrected chi connectivity index (χ2v) is 12.1. The molecule has 8 aromatic rings. The molecule has 1 unspecified atom stereocenters. The lowest BCUT2D eigenvalue weighted by Crippen LogP contribution is -2.13. The van der Waals surface area contributed by atoms with Crippen LogP contribution in [-0.4, -0.2) is 9.13 Å². The first-order valence-electron chi connectivity index (χ1n) is 15.7. The molecule has 0 fully saturated rings. The normalized spacial score (nSPS) is 15.5. The second kappa shape index (κ2) is 9.35. The average Bonchev–Trinajstić information content (AvgIpc) is 3.60. The SMILES string of the molecule is C1=CCC(n2c3ccccc3c3ccc(N4c5ccccc5-c5ccc6ccccc6c5-n5c4cc4ccccc45)cc32)C=C1. The van der Waals surface area contributed by atoms with Crippen LogP contribution in [0.2, 0.25) is 0 Å². The molecular weight excluding hydrogens is 546 g/mol. The van der Waals surface area contributed by atoms with E-state index in [0.717, 1.165) is 17.9 Å². The van der Waals surface area contributed by atoms with Crippen LogP contribution in [0.3, 0.4) is 0 Å². The van der Waals surface area contributed by atoms with Gasteiger partial charge < -0.3 is 4.57 Å². The van der Waals surface area contributed by atoms with Crippen molar-refractivity contribution < 1.29 is 0 Å². The van der Waals surface area contributed by atoms with Crippen LogP contribution in [0.25, 0.3) is 60.3 Å². The van der Waals surface area contributed by atoms with Crippen molar-refractivity contribution in [3.63, 3.8) is 0 Å². The van der Waals surface area contributed by atoms with Crippen LogP contribution in [0, 0.1) is 0 Å². The number of benzene rings is 6. The number of allylic oxidation sites excluding steroid dienone is 4. The summed E-state index contributed by atoms with van der Waals surface area (Å²) in [5.74, 6) is 1.14. The van der Waals surface area contributed by atoms with Gasteiger partial charge in [-0.05, 0) is 48.2 Å². The predicted octanol–water partition coefficient (Wildman–Crippen LogP) is 11.4.